The Labute approximate surface area is 171 Å². The van der Waals surface area contributed by atoms with Gasteiger partial charge in [0.1, 0.15) is 11.6 Å². The van der Waals surface area contributed by atoms with E-state index in [1.807, 2.05) is 13.0 Å². The van der Waals surface area contributed by atoms with Crippen LogP contribution < -0.4 is 21.1 Å². The molecule has 9 nitrogen and oxygen atoms in total. The SMILES string of the molecule is COc1cc(Nc2ncc(C)c(Nc3ccc4oc(=O)[nH]c4c3)n2)cc(C(C)O)c1. The van der Waals surface area contributed by atoms with Gasteiger partial charge in [-0.2, -0.15) is 4.98 Å². The molecule has 0 bridgehead atoms. The van der Waals surface area contributed by atoms with E-state index < -0.39 is 11.9 Å². The number of nitrogens with one attached hydrogen (secondary N) is 3. The molecule has 0 aliphatic carbocycles. The number of ether oxygens (including phenoxy) is 1. The lowest BCUT2D eigenvalue weighted by atomic mass is 10.1. The zero-order valence-corrected chi connectivity index (χ0v) is 16.7. The molecule has 4 aromatic rings. The number of rotatable bonds is 6. The number of H-pyrrole nitrogens is 1. The smallest absolute Gasteiger partial charge is 0.417 e. The third-order valence-electron chi connectivity index (χ3n) is 4.56. The fourth-order valence-corrected chi connectivity index (χ4v) is 2.98. The van der Waals surface area contributed by atoms with Crippen LogP contribution in [0.5, 0.6) is 5.75 Å². The number of hydrogen-bond donors (Lipinski definition) is 4. The first kappa shape index (κ1) is 19.5. The Kier molecular flexibility index (Phi) is 5.11. The highest BCUT2D eigenvalue weighted by atomic mass is 16.5. The van der Waals surface area contributed by atoms with Crippen molar-refractivity contribution < 1.29 is 14.3 Å². The van der Waals surface area contributed by atoms with Crippen LogP contribution in [-0.2, 0) is 0 Å². The van der Waals surface area contributed by atoms with Crippen molar-refractivity contribution in [1.29, 1.82) is 0 Å². The minimum atomic E-state index is -0.638. The summed E-state index contributed by atoms with van der Waals surface area (Å²) in [5.74, 6) is 1.10. The van der Waals surface area contributed by atoms with Crippen LogP contribution >= 0.6 is 0 Å². The Hall–Kier alpha value is -3.85. The Balaban J connectivity index is 1.61. The molecule has 0 fully saturated rings. The molecule has 0 aliphatic rings. The fourth-order valence-electron chi connectivity index (χ4n) is 2.98. The van der Waals surface area contributed by atoms with Gasteiger partial charge in [0.15, 0.2) is 5.58 Å². The van der Waals surface area contributed by atoms with Crippen LogP contribution in [0.1, 0.15) is 24.2 Å². The third-order valence-corrected chi connectivity index (χ3v) is 4.56. The van der Waals surface area contributed by atoms with Crippen LogP contribution in [-0.4, -0.2) is 27.2 Å². The third kappa shape index (κ3) is 4.11. The molecule has 0 saturated heterocycles. The number of aromatic nitrogens is 3. The molecule has 0 radical (unpaired) electrons. The predicted octanol–water partition coefficient (Wildman–Crippen LogP) is 3.77. The first-order valence-corrected chi connectivity index (χ1v) is 9.29. The van der Waals surface area contributed by atoms with Gasteiger partial charge in [-0.05, 0) is 49.7 Å². The molecule has 2 heterocycles. The molecule has 0 saturated carbocycles. The summed E-state index contributed by atoms with van der Waals surface area (Å²) in [6.45, 7) is 3.58. The van der Waals surface area contributed by atoms with Crippen LogP contribution in [0.15, 0.2) is 51.8 Å². The van der Waals surface area contributed by atoms with Gasteiger partial charge in [0, 0.05) is 29.2 Å². The molecule has 0 amide bonds. The van der Waals surface area contributed by atoms with Crippen molar-refractivity contribution in [1.82, 2.24) is 15.0 Å². The van der Waals surface area contributed by atoms with Crippen LogP contribution in [0.25, 0.3) is 11.1 Å². The van der Waals surface area contributed by atoms with E-state index in [0.29, 0.717) is 39.9 Å². The quantitative estimate of drug-likeness (QED) is 0.381. The van der Waals surface area contributed by atoms with E-state index in [1.54, 1.807) is 50.6 Å². The minimum Gasteiger partial charge on any atom is -0.497 e. The topological polar surface area (TPSA) is 125 Å². The van der Waals surface area contributed by atoms with Gasteiger partial charge in [0.2, 0.25) is 5.95 Å². The van der Waals surface area contributed by atoms with Crippen molar-refractivity contribution in [2.45, 2.75) is 20.0 Å². The Morgan fingerprint density at radius 2 is 2.00 bits per heavy atom. The highest BCUT2D eigenvalue weighted by Crippen LogP contribution is 2.27. The number of oxazole rings is 1. The molecule has 30 heavy (non-hydrogen) atoms. The lowest BCUT2D eigenvalue weighted by Crippen LogP contribution is -2.03. The highest BCUT2D eigenvalue weighted by Gasteiger charge is 2.10. The maximum atomic E-state index is 11.3. The van der Waals surface area contributed by atoms with Crippen molar-refractivity contribution >= 4 is 34.2 Å². The lowest BCUT2D eigenvalue weighted by molar-refractivity contribution is 0.199. The van der Waals surface area contributed by atoms with Gasteiger partial charge in [0.25, 0.3) is 0 Å². The molecule has 9 heteroatoms. The Bertz CT molecular complexity index is 1260. The standard InChI is InChI=1S/C21H21N5O4/c1-11-10-22-20(24-15-6-13(12(2)27)7-16(8-15)29-3)26-19(11)23-14-4-5-18-17(9-14)25-21(28)30-18/h4-10,12,27H,1-3H3,(H,25,28)(H2,22,23,24,26). The number of nitrogens with zero attached hydrogens (tertiary/aromatic N) is 2. The summed E-state index contributed by atoms with van der Waals surface area (Å²) in [5.41, 5.74) is 4.07. The Morgan fingerprint density at radius 1 is 1.17 bits per heavy atom. The Morgan fingerprint density at radius 3 is 2.77 bits per heavy atom. The number of aliphatic hydroxyl groups is 1. The van der Waals surface area contributed by atoms with Gasteiger partial charge in [-0.3, -0.25) is 4.98 Å². The monoisotopic (exact) mass is 407 g/mol. The molecule has 154 valence electrons. The number of anilines is 4. The van der Waals surface area contributed by atoms with E-state index in [9.17, 15) is 9.90 Å². The van der Waals surface area contributed by atoms with Gasteiger partial charge in [-0.15, -0.1) is 0 Å². The molecule has 1 atom stereocenters. The molecule has 2 aromatic carbocycles. The summed E-state index contributed by atoms with van der Waals surface area (Å²) >= 11 is 0. The van der Waals surface area contributed by atoms with Gasteiger partial charge in [-0.25, -0.2) is 9.78 Å². The van der Waals surface area contributed by atoms with E-state index >= 15 is 0 Å². The zero-order chi connectivity index (χ0) is 21.3. The van der Waals surface area contributed by atoms with Gasteiger partial charge >= 0.3 is 5.76 Å². The van der Waals surface area contributed by atoms with Crippen molar-refractivity contribution in [3.8, 4) is 5.75 Å². The summed E-state index contributed by atoms with van der Waals surface area (Å²) in [6.07, 6.45) is 1.06. The lowest BCUT2D eigenvalue weighted by Gasteiger charge is -2.13. The summed E-state index contributed by atoms with van der Waals surface area (Å²) in [6, 6.07) is 10.7. The van der Waals surface area contributed by atoms with Gasteiger partial charge in [0.05, 0.1) is 18.7 Å². The predicted molar refractivity (Wildman–Crippen MR) is 114 cm³/mol. The van der Waals surface area contributed by atoms with Crippen molar-refractivity contribution in [3.05, 3.63) is 64.3 Å². The molecule has 0 aliphatic heterocycles. The van der Waals surface area contributed by atoms with Gasteiger partial charge < -0.3 is 24.9 Å². The fraction of sp³-hybridized carbons (Fsp3) is 0.190. The molecule has 1 unspecified atom stereocenters. The van der Waals surface area contributed by atoms with E-state index in [1.165, 1.54) is 0 Å². The second-order valence-electron chi connectivity index (χ2n) is 6.87. The summed E-state index contributed by atoms with van der Waals surface area (Å²) in [4.78, 5) is 22.9. The highest BCUT2D eigenvalue weighted by molar-refractivity contribution is 5.78. The first-order valence-electron chi connectivity index (χ1n) is 9.29. The maximum Gasteiger partial charge on any atom is 0.417 e. The zero-order valence-electron chi connectivity index (χ0n) is 16.7. The average molecular weight is 407 g/mol. The summed E-state index contributed by atoms with van der Waals surface area (Å²) in [7, 11) is 1.57. The number of fused-ring (bicyclic) bond motifs is 1. The van der Waals surface area contributed by atoms with E-state index in [4.69, 9.17) is 9.15 Å². The van der Waals surface area contributed by atoms with Crippen LogP contribution in [0.4, 0.5) is 23.1 Å². The number of hydrogen-bond acceptors (Lipinski definition) is 8. The van der Waals surface area contributed by atoms with E-state index in [2.05, 4.69) is 25.6 Å². The molecular formula is C21H21N5O4. The second kappa shape index (κ2) is 7.88. The van der Waals surface area contributed by atoms with E-state index in [-0.39, 0.29) is 0 Å². The van der Waals surface area contributed by atoms with Crippen molar-refractivity contribution in [3.63, 3.8) is 0 Å². The number of benzene rings is 2. The number of aromatic amines is 1. The normalized spacial score (nSPS) is 12.0. The average Bonchev–Trinajstić information content (AvgIpc) is 3.09. The minimum absolute atomic E-state index is 0.380. The molecule has 2 aromatic heterocycles. The molecule has 4 N–H and O–H groups in total. The second-order valence-corrected chi connectivity index (χ2v) is 6.87. The largest absolute Gasteiger partial charge is 0.497 e. The van der Waals surface area contributed by atoms with E-state index in [0.717, 1.165) is 11.3 Å². The molecule has 0 spiro atoms. The molecule has 4 rings (SSSR count). The van der Waals surface area contributed by atoms with Gasteiger partial charge in [-0.1, -0.05) is 0 Å². The van der Waals surface area contributed by atoms with Crippen molar-refractivity contribution in [2.75, 3.05) is 17.7 Å². The molecular weight excluding hydrogens is 386 g/mol. The van der Waals surface area contributed by atoms with Crippen LogP contribution in [0.3, 0.4) is 0 Å². The first-order chi connectivity index (χ1) is 14.4. The van der Waals surface area contributed by atoms with Crippen LogP contribution in [0, 0.1) is 6.92 Å². The van der Waals surface area contributed by atoms with Crippen LogP contribution in [0.2, 0.25) is 0 Å². The summed E-state index contributed by atoms with van der Waals surface area (Å²) < 4.78 is 10.3. The summed E-state index contributed by atoms with van der Waals surface area (Å²) in [5, 5.41) is 16.3. The number of aliphatic hydroxyl groups excluding tert-OH is 1. The number of aryl methyl sites for hydroxylation is 1. The number of methoxy groups -OCH3 is 1. The van der Waals surface area contributed by atoms with Crippen molar-refractivity contribution in [2.24, 2.45) is 0 Å². The maximum absolute atomic E-state index is 11.3.